The Morgan fingerprint density at radius 1 is 1.28 bits per heavy atom. The number of rotatable bonds is 6. The summed E-state index contributed by atoms with van der Waals surface area (Å²) < 4.78 is 10.7. The number of ketones is 1. The Morgan fingerprint density at radius 2 is 2.03 bits per heavy atom. The van der Waals surface area contributed by atoms with E-state index in [4.69, 9.17) is 9.47 Å². The van der Waals surface area contributed by atoms with Crippen molar-refractivity contribution in [2.24, 2.45) is 16.3 Å². The summed E-state index contributed by atoms with van der Waals surface area (Å²) in [4.78, 5) is 30.8. The van der Waals surface area contributed by atoms with Crippen molar-refractivity contribution in [3.63, 3.8) is 0 Å². The normalized spacial score (nSPS) is 23.4. The fraction of sp³-hybridized carbons (Fsp3) is 0.522. The van der Waals surface area contributed by atoms with Crippen LogP contribution in [0.5, 0.6) is 5.75 Å². The molecule has 2 aliphatic rings. The molecule has 0 bridgehead atoms. The second-order valence-electron chi connectivity index (χ2n) is 8.47. The van der Waals surface area contributed by atoms with Crippen LogP contribution in [-0.2, 0) is 19.1 Å². The summed E-state index contributed by atoms with van der Waals surface area (Å²) in [5, 5.41) is 10.0. The van der Waals surface area contributed by atoms with Crippen molar-refractivity contribution in [3.8, 4) is 5.75 Å². The largest absolute Gasteiger partial charge is 0.508 e. The van der Waals surface area contributed by atoms with Crippen molar-refractivity contribution in [2.75, 3.05) is 19.8 Å². The smallest absolute Gasteiger partial charge is 0.315 e. The lowest BCUT2D eigenvalue weighted by Gasteiger charge is -2.39. The van der Waals surface area contributed by atoms with Gasteiger partial charge < -0.3 is 14.6 Å². The third-order valence-electron chi connectivity index (χ3n) is 5.46. The zero-order chi connectivity index (χ0) is 21.2. The first-order valence-corrected chi connectivity index (χ1v) is 10.1. The molecule has 2 atom stereocenters. The first-order chi connectivity index (χ1) is 13.7. The topological polar surface area (TPSA) is 85.2 Å². The van der Waals surface area contributed by atoms with Crippen molar-refractivity contribution in [3.05, 3.63) is 41.1 Å². The van der Waals surface area contributed by atoms with Gasteiger partial charge in [0.05, 0.1) is 6.61 Å². The highest BCUT2D eigenvalue weighted by Crippen LogP contribution is 2.48. The number of phenols is 1. The standard InChI is InChI=1S/C23H29NO5/c1-5-28-9-10-29-22(27)19-14(2)24-17-12-23(3,4)13-18(26)21(17)20(19)15-7-6-8-16(25)11-15/h6-8,11,19-20,25H,5,9-10,12-13H2,1-4H3/t19?,20-/m1/s1. The average molecular weight is 399 g/mol. The summed E-state index contributed by atoms with van der Waals surface area (Å²) in [6, 6.07) is 6.74. The zero-order valence-corrected chi connectivity index (χ0v) is 17.5. The molecule has 0 radical (unpaired) electrons. The van der Waals surface area contributed by atoms with Gasteiger partial charge in [0.1, 0.15) is 18.3 Å². The van der Waals surface area contributed by atoms with Gasteiger partial charge >= 0.3 is 5.97 Å². The van der Waals surface area contributed by atoms with Crippen molar-refractivity contribution in [1.82, 2.24) is 0 Å². The van der Waals surface area contributed by atoms with Gasteiger partial charge in [0, 0.05) is 35.9 Å². The number of aromatic hydroxyl groups is 1. The van der Waals surface area contributed by atoms with Crippen LogP contribution in [0.4, 0.5) is 0 Å². The molecule has 0 fully saturated rings. The number of carbonyl (C=O) groups is 2. The molecule has 1 aromatic rings. The lowest BCUT2D eigenvalue weighted by Crippen LogP contribution is -2.39. The monoisotopic (exact) mass is 399 g/mol. The van der Waals surface area contributed by atoms with E-state index in [0.29, 0.717) is 42.9 Å². The van der Waals surface area contributed by atoms with Gasteiger partial charge in [-0.05, 0) is 43.4 Å². The van der Waals surface area contributed by atoms with E-state index >= 15 is 0 Å². The number of hydrogen-bond donors (Lipinski definition) is 1. The van der Waals surface area contributed by atoms with Crippen LogP contribution in [-0.4, -0.2) is 42.4 Å². The summed E-state index contributed by atoms with van der Waals surface area (Å²) in [7, 11) is 0. The molecular formula is C23H29NO5. The maximum Gasteiger partial charge on any atom is 0.315 e. The van der Waals surface area contributed by atoms with Gasteiger partial charge in [-0.25, -0.2) is 0 Å². The molecule has 1 aromatic carbocycles. The highest BCUT2D eigenvalue weighted by atomic mass is 16.6. The maximum atomic E-state index is 13.1. The number of esters is 1. The fourth-order valence-corrected chi connectivity index (χ4v) is 4.26. The summed E-state index contributed by atoms with van der Waals surface area (Å²) in [5.74, 6) is -1.55. The maximum absolute atomic E-state index is 13.1. The number of nitrogens with zero attached hydrogens (tertiary/aromatic N) is 1. The minimum absolute atomic E-state index is 0.00737. The Bertz CT molecular complexity index is 868. The quantitative estimate of drug-likeness (QED) is 0.581. The van der Waals surface area contributed by atoms with E-state index in [1.54, 1.807) is 25.1 Å². The first kappa shape index (κ1) is 21.2. The Labute approximate surface area is 171 Å². The molecule has 1 heterocycles. The van der Waals surface area contributed by atoms with E-state index in [1.165, 1.54) is 0 Å². The zero-order valence-electron chi connectivity index (χ0n) is 17.5. The predicted octanol–water partition coefficient (Wildman–Crippen LogP) is 3.79. The van der Waals surface area contributed by atoms with Crippen LogP contribution in [0.3, 0.4) is 0 Å². The number of carbonyl (C=O) groups excluding carboxylic acids is 2. The molecule has 29 heavy (non-hydrogen) atoms. The van der Waals surface area contributed by atoms with Crippen molar-refractivity contribution >= 4 is 17.5 Å². The molecule has 156 valence electrons. The minimum atomic E-state index is -0.706. The van der Waals surface area contributed by atoms with Crippen molar-refractivity contribution in [2.45, 2.75) is 46.5 Å². The number of Topliss-reactive ketones (excluding diaryl/α,β-unsaturated/α-hetero) is 1. The lowest BCUT2D eigenvalue weighted by molar-refractivity contribution is -0.148. The van der Waals surface area contributed by atoms with Crippen LogP contribution < -0.4 is 0 Å². The molecule has 1 N–H and O–H groups in total. The highest BCUT2D eigenvalue weighted by Gasteiger charge is 2.46. The highest BCUT2D eigenvalue weighted by molar-refractivity contribution is 6.09. The average Bonchev–Trinajstić information content (AvgIpc) is 2.63. The molecule has 0 saturated carbocycles. The summed E-state index contributed by atoms with van der Waals surface area (Å²) in [6.07, 6.45) is 1.08. The molecule has 0 saturated heterocycles. The lowest BCUT2D eigenvalue weighted by atomic mass is 9.67. The number of aliphatic imine (C=N–C) groups is 1. The van der Waals surface area contributed by atoms with Gasteiger partial charge in [0.25, 0.3) is 0 Å². The Balaban J connectivity index is 2.02. The second kappa shape index (κ2) is 8.49. The summed E-state index contributed by atoms with van der Waals surface area (Å²) in [6.45, 7) is 8.81. The van der Waals surface area contributed by atoms with E-state index < -0.39 is 17.8 Å². The molecule has 3 rings (SSSR count). The van der Waals surface area contributed by atoms with E-state index in [2.05, 4.69) is 18.8 Å². The van der Waals surface area contributed by atoms with Gasteiger partial charge in [-0.3, -0.25) is 14.6 Å². The minimum Gasteiger partial charge on any atom is -0.508 e. The number of ether oxygens (including phenoxy) is 2. The Kier molecular flexibility index (Phi) is 6.22. The Morgan fingerprint density at radius 3 is 2.72 bits per heavy atom. The van der Waals surface area contributed by atoms with Gasteiger partial charge in [0.2, 0.25) is 0 Å². The number of allylic oxidation sites excluding steroid dienone is 2. The van der Waals surface area contributed by atoms with Crippen LogP contribution in [0.1, 0.15) is 52.0 Å². The Hall–Kier alpha value is -2.47. The van der Waals surface area contributed by atoms with Crippen LogP contribution in [0, 0.1) is 11.3 Å². The molecule has 0 amide bonds. The second-order valence-corrected chi connectivity index (χ2v) is 8.47. The van der Waals surface area contributed by atoms with Gasteiger partial charge in [0.15, 0.2) is 5.78 Å². The van der Waals surface area contributed by atoms with Crippen molar-refractivity contribution in [1.29, 1.82) is 0 Å². The molecule has 1 aliphatic carbocycles. The summed E-state index contributed by atoms with van der Waals surface area (Å²) >= 11 is 0. The van der Waals surface area contributed by atoms with E-state index in [1.807, 2.05) is 13.0 Å². The molecule has 6 heteroatoms. The number of benzene rings is 1. The molecular weight excluding hydrogens is 370 g/mol. The molecule has 1 unspecified atom stereocenters. The molecule has 1 aliphatic heterocycles. The van der Waals surface area contributed by atoms with E-state index in [9.17, 15) is 14.7 Å². The van der Waals surface area contributed by atoms with Crippen LogP contribution in [0.15, 0.2) is 40.5 Å². The number of phenolic OH excluding ortho intramolecular Hbond substituents is 1. The SMILES string of the molecule is CCOCCOC(=O)C1C(C)=NC2=C(C(=O)CC(C)(C)C2)[C@@H]1c1cccc(O)c1. The van der Waals surface area contributed by atoms with Gasteiger partial charge in [-0.15, -0.1) is 0 Å². The van der Waals surface area contributed by atoms with Crippen molar-refractivity contribution < 1.29 is 24.2 Å². The van der Waals surface area contributed by atoms with E-state index in [0.717, 1.165) is 5.70 Å². The van der Waals surface area contributed by atoms with Crippen LogP contribution in [0.25, 0.3) is 0 Å². The molecule has 6 nitrogen and oxygen atoms in total. The molecule has 0 aromatic heterocycles. The van der Waals surface area contributed by atoms with Gasteiger partial charge in [-0.1, -0.05) is 26.0 Å². The number of hydrogen-bond acceptors (Lipinski definition) is 6. The first-order valence-electron chi connectivity index (χ1n) is 10.1. The van der Waals surface area contributed by atoms with Crippen LogP contribution in [0.2, 0.25) is 0 Å². The predicted molar refractivity (Wildman–Crippen MR) is 110 cm³/mol. The van der Waals surface area contributed by atoms with Crippen LogP contribution >= 0.6 is 0 Å². The third-order valence-corrected chi connectivity index (χ3v) is 5.46. The fourth-order valence-electron chi connectivity index (χ4n) is 4.26. The van der Waals surface area contributed by atoms with E-state index in [-0.39, 0.29) is 23.6 Å². The van der Waals surface area contributed by atoms with Gasteiger partial charge in [-0.2, -0.15) is 0 Å². The summed E-state index contributed by atoms with van der Waals surface area (Å²) in [5.41, 5.74) is 2.49. The third kappa shape index (κ3) is 4.58. The molecule has 0 spiro atoms.